The van der Waals surface area contributed by atoms with Gasteiger partial charge in [-0.1, -0.05) is 9.79 Å². The van der Waals surface area contributed by atoms with Gasteiger partial charge >= 0.3 is 5.97 Å². The van der Waals surface area contributed by atoms with Crippen LogP contribution in [0.15, 0.2) is 11.6 Å². The largest absolute Gasteiger partial charge is 0.478 e. The van der Waals surface area contributed by atoms with Crippen molar-refractivity contribution in [3.63, 3.8) is 0 Å². The molecular weight excluding hydrogens is 270 g/mol. The topological polar surface area (TPSA) is 109 Å². The second-order valence-corrected chi connectivity index (χ2v) is 7.60. The molecule has 0 aromatic carbocycles. The number of carbonyl (C=O) groups is 1. The minimum atomic E-state index is -3.99. The second kappa shape index (κ2) is 5.15. The zero-order valence-corrected chi connectivity index (χ0v) is 11.5. The number of rotatable bonds is 5. The van der Waals surface area contributed by atoms with Crippen LogP contribution in [-0.2, 0) is 24.8 Å². The summed E-state index contributed by atoms with van der Waals surface area (Å²) in [6.45, 7) is 2.54. The highest BCUT2D eigenvalue weighted by Gasteiger charge is 2.31. The van der Waals surface area contributed by atoms with Crippen LogP contribution in [0.2, 0.25) is 0 Å². The number of carboxylic acids is 1. The molecule has 0 heterocycles. The molecule has 0 amide bonds. The summed E-state index contributed by atoms with van der Waals surface area (Å²) in [6.07, 6.45) is 2.55. The van der Waals surface area contributed by atoms with Crippen LogP contribution >= 0.6 is 0 Å². The van der Waals surface area contributed by atoms with Crippen molar-refractivity contribution < 1.29 is 26.7 Å². The van der Waals surface area contributed by atoms with Crippen molar-refractivity contribution in [3.8, 4) is 0 Å². The lowest BCUT2D eigenvalue weighted by atomic mass is 10.2. The van der Waals surface area contributed by atoms with E-state index in [9.17, 15) is 21.6 Å². The Hall–Kier alpha value is -0.930. The first-order valence-electron chi connectivity index (χ1n) is 4.48. The van der Waals surface area contributed by atoms with Crippen LogP contribution in [0, 0.1) is 0 Å². The Morgan fingerprint density at radius 3 is 1.76 bits per heavy atom. The molecule has 0 aromatic heterocycles. The molecule has 0 bridgehead atoms. The molecule has 1 unspecified atom stereocenters. The van der Waals surface area contributed by atoms with Crippen LogP contribution < -0.4 is 0 Å². The fourth-order valence-corrected chi connectivity index (χ4v) is 4.64. The molecule has 1 atom stereocenters. The number of nitrogens with zero attached hydrogens (tertiary/aromatic N) is 1. The van der Waals surface area contributed by atoms with E-state index in [1.807, 2.05) is 0 Å². The quantitative estimate of drug-likeness (QED) is 0.690. The molecule has 1 N–H and O–H groups in total. The van der Waals surface area contributed by atoms with Gasteiger partial charge in [0, 0.05) is 5.57 Å². The summed E-state index contributed by atoms with van der Waals surface area (Å²) >= 11 is 0. The average molecular weight is 285 g/mol. The van der Waals surface area contributed by atoms with Gasteiger partial charge in [-0.15, -0.1) is 0 Å². The van der Waals surface area contributed by atoms with Crippen molar-refractivity contribution in [2.75, 3.05) is 12.5 Å². The molecule has 0 saturated carbocycles. The maximum Gasteiger partial charge on any atom is 0.331 e. The smallest absolute Gasteiger partial charge is 0.331 e. The van der Waals surface area contributed by atoms with Crippen molar-refractivity contribution in [2.24, 2.45) is 0 Å². The minimum Gasteiger partial charge on any atom is -0.478 e. The van der Waals surface area contributed by atoms with Crippen LogP contribution in [0.25, 0.3) is 0 Å². The van der Waals surface area contributed by atoms with Gasteiger partial charge in [0.2, 0.25) is 20.0 Å². The summed E-state index contributed by atoms with van der Waals surface area (Å²) < 4.78 is 45.6. The molecule has 9 heteroatoms. The molecule has 0 aliphatic rings. The second-order valence-electron chi connectivity index (χ2n) is 3.65. The van der Waals surface area contributed by atoms with E-state index in [1.54, 1.807) is 0 Å². The lowest BCUT2D eigenvalue weighted by Crippen LogP contribution is -2.41. The van der Waals surface area contributed by atoms with Gasteiger partial charge in [0.1, 0.15) is 0 Å². The summed E-state index contributed by atoms with van der Waals surface area (Å²) in [5, 5.41) is 8.63. The number of carboxylic acid groups (broad SMARTS) is 1. The van der Waals surface area contributed by atoms with Crippen LogP contribution in [0.4, 0.5) is 0 Å². The number of aliphatic carboxylic acids is 1. The standard InChI is InChI=1S/C8H15NO6S2/c1-6(8(10)11)5-7(2)9(16(3,12)13)17(4,14)15/h5,7H,1-4H3,(H,10,11). The van der Waals surface area contributed by atoms with Gasteiger partial charge in [-0.2, -0.15) is 0 Å². The molecule has 0 aliphatic carbocycles. The predicted molar refractivity (Wildman–Crippen MR) is 62.4 cm³/mol. The maximum atomic E-state index is 11.3. The van der Waals surface area contributed by atoms with Gasteiger partial charge in [-0.25, -0.2) is 21.6 Å². The Balaban J connectivity index is 5.56. The van der Waals surface area contributed by atoms with E-state index in [4.69, 9.17) is 5.11 Å². The molecule has 0 aromatic rings. The lowest BCUT2D eigenvalue weighted by Gasteiger charge is -2.22. The van der Waals surface area contributed by atoms with E-state index in [0.29, 0.717) is 0 Å². The Morgan fingerprint density at radius 2 is 1.53 bits per heavy atom. The molecule has 0 rings (SSSR count). The van der Waals surface area contributed by atoms with Gasteiger partial charge in [-0.05, 0) is 13.8 Å². The first-order valence-corrected chi connectivity index (χ1v) is 8.18. The number of hydrogen-bond donors (Lipinski definition) is 1. The van der Waals surface area contributed by atoms with Crippen molar-refractivity contribution in [2.45, 2.75) is 19.9 Å². The Kier molecular flexibility index (Phi) is 4.87. The van der Waals surface area contributed by atoms with Crippen LogP contribution in [0.3, 0.4) is 0 Å². The molecule has 0 radical (unpaired) electrons. The summed E-state index contributed by atoms with van der Waals surface area (Å²) in [5.41, 5.74) is -0.130. The highest BCUT2D eigenvalue weighted by atomic mass is 32.3. The Morgan fingerprint density at radius 1 is 1.18 bits per heavy atom. The zero-order chi connectivity index (χ0) is 14.0. The highest BCUT2D eigenvalue weighted by molar-refractivity contribution is 8.03. The highest BCUT2D eigenvalue weighted by Crippen LogP contribution is 2.13. The third-order valence-electron chi connectivity index (χ3n) is 1.81. The Labute approximate surface area is 101 Å². The normalized spacial score (nSPS) is 15.9. The summed E-state index contributed by atoms with van der Waals surface area (Å²) in [7, 11) is -7.97. The van der Waals surface area contributed by atoms with E-state index in [2.05, 4.69) is 0 Å². The fourth-order valence-electron chi connectivity index (χ4n) is 1.34. The summed E-state index contributed by atoms with van der Waals surface area (Å²) in [6, 6.07) is -1.09. The monoisotopic (exact) mass is 285 g/mol. The van der Waals surface area contributed by atoms with Crippen LogP contribution in [-0.4, -0.2) is 50.2 Å². The third kappa shape index (κ3) is 4.84. The summed E-state index contributed by atoms with van der Waals surface area (Å²) in [4.78, 5) is 10.6. The predicted octanol–water partition coefficient (Wildman–Crippen LogP) is -0.373. The van der Waals surface area contributed by atoms with Gasteiger partial charge in [0.25, 0.3) is 0 Å². The number of hydrogen-bond acceptors (Lipinski definition) is 5. The molecule has 0 aliphatic heterocycles. The van der Waals surface area contributed by atoms with E-state index in [-0.39, 0.29) is 9.28 Å². The molecule has 0 saturated heterocycles. The molecular formula is C8H15NO6S2. The van der Waals surface area contributed by atoms with Crippen molar-refractivity contribution in [3.05, 3.63) is 11.6 Å². The lowest BCUT2D eigenvalue weighted by molar-refractivity contribution is -0.132. The van der Waals surface area contributed by atoms with Crippen molar-refractivity contribution >= 4 is 26.0 Å². The van der Waals surface area contributed by atoms with Gasteiger partial charge in [0.05, 0.1) is 18.6 Å². The Bertz CT molecular complexity index is 498. The van der Waals surface area contributed by atoms with E-state index in [0.717, 1.165) is 18.6 Å². The van der Waals surface area contributed by atoms with Gasteiger partial charge < -0.3 is 5.11 Å². The van der Waals surface area contributed by atoms with E-state index < -0.39 is 32.1 Å². The van der Waals surface area contributed by atoms with Gasteiger partial charge in [-0.3, -0.25) is 0 Å². The molecule has 0 fully saturated rings. The SMILES string of the molecule is CC(=CC(C)N(S(C)(=O)=O)S(C)(=O)=O)C(=O)O. The number of sulfonamides is 2. The first kappa shape index (κ1) is 16.1. The molecule has 7 nitrogen and oxygen atoms in total. The third-order valence-corrected chi connectivity index (χ3v) is 5.41. The van der Waals surface area contributed by atoms with Gasteiger partial charge in [0.15, 0.2) is 0 Å². The average Bonchev–Trinajstić information content (AvgIpc) is 1.96. The van der Waals surface area contributed by atoms with E-state index >= 15 is 0 Å². The van der Waals surface area contributed by atoms with Crippen LogP contribution in [0.5, 0.6) is 0 Å². The molecule has 17 heavy (non-hydrogen) atoms. The summed E-state index contributed by atoms with van der Waals surface area (Å²) in [5.74, 6) is -1.24. The maximum absolute atomic E-state index is 11.3. The zero-order valence-electron chi connectivity index (χ0n) is 9.91. The molecule has 0 spiro atoms. The first-order chi connectivity index (χ1) is 7.37. The molecule has 100 valence electrons. The van der Waals surface area contributed by atoms with Crippen LogP contribution in [0.1, 0.15) is 13.8 Å². The van der Waals surface area contributed by atoms with Crippen molar-refractivity contribution in [1.82, 2.24) is 3.71 Å². The fraction of sp³-hybridized carbons (Fsp3) is 0.625. The van der Waals surface area contributed by atoms with Crippen molar-refractivity contribution in [1.29, 1.82) is 0 Å². The minimum absolute atomic E-state index is 0.130. The van der Waals surface area contributed by atoms with E-state index in [1.165, 1.54) is 13.8 Å².